The van der Waals surface area contributed by atoms with Crippen LogP contribution in [0.5, 0.6) is 0 Å². The van der Waals surface area contributed by atoms with E-state index < -0.39 is 0 Å². The van der Waals surface area contributed by atoms with Gasteiger partial charge in [-0.15, -0.1) is 0 Å². The van der Waals surface area contributed by atoms with E-state index >= 15 is 0 Å². The van der Waals surface area contributed by atoms with E-state index in [0.717, 1.165) is 6.61 Å². The van der Waals surface area contributed by atoms with Gasteiger partial charge in [-0.3, -0.25) is 0 Å². The highest BCUT2D eigenvalue weighted by Gasteiger charge is 2.22. The molecular weight excluding hydrogens is 114 g/mol. The van der Waals surface area contributed by atoms with E-state index in [4.69, 9.17) is 10.5 Å². The largest absolute Gasteiger partial charge is 0.384 e. The zero-order valence-electron chi connectivity index (χ0n) is 5.97. The Hall–Kier alpha value is -0.0800. The molecule has 1 saturated carbocycles. The highest BCUT2D eigenvalue weighted by Crippen LogP contribution is 2.23. The van der Waals surface area contributed by atoms with Crippen molar-refractivity contribution in [3.63, 3.8) is 0 Å². The van der Waals surface area contributed by atoms with Crippen LogP contribution < -0.4 is 5.73 Å². The van der Waals surface area contributed by atoms with E-state index in [-0.39, 0.29) is 0 Å². The van der Waals surface area contributed by atoms with Crippen molar-refractivity contribution in [1.29, 1.82) is 0 Å². The lowest BCUT2D eigenvalue weighted by Gasteiger charge is -2.12. The average Bonchev–Trinajstić information content (AvgIpc) is 2.18. The molecule has 0 bridgehead atoms. The number of hydrogen-bond acceptors (Lipinski definition) is 2. The molecule has 0 aromatic heterocycles. The normalized spacial score (nSPS) is 35.3. The number of hydrogen-bond donors (Lipinski definition) is 1. The van der Waals surface area contributed by atoms with E-state index in [2.05, 4.69) is 0 Å². The first-order valence-corrected chi connectivity index (χ1v) is 3.59. The second-order valence-corrected chi connectivity index (χ2v) is 2.81. The van der Waals surface area contributed by atoms with E-state index in [0.29, 0.717) is 12.0 Å². The summed E-state index contributed by atoms with van der Waals surface area (Å²) in [6.07, 6.45) is 3.73. The molecule has 2 atom stereocenters. The lowest BCUT2D eigenvalue weighted by molar-refractivity contribution is 0.148. The molecule has 2 N–H and O–H groups in total. The minimum atomic E-state index is 0.407. The van der Waals surface area contributed by atoms with Crippen LogP contribution in [0.25, 0.3) is 0 Å². The van der Waals surface area contributed by atoms with Crippen LogP contribution in [-0.2, 0) is 4.74 Å². The summed E-state index contributed by atoms with van der Waals surface area (Å²) in [4.78, 5) is 0. The monoisotopic (exact) mass is 129 g/mol. The standard InChI is InChI=1S/C7H15NO/c1-9-5-6-3-2-4-7(6)8/h6-7H,2-5,8H2,1H3/t6-,7-/m0/s1. The lowest BCUT2D eigenvalue weighted by Crippen LogP contribution is -2.27. The van der Waals surface area contributed by atoms with Crippen LogP contribution in [0.4, 0.5) is 0 Å². The number of ether oxygens (including phenoxy) is 1. The first-order valence-electron chi connectivity index (χ1n) is 3.59. The quantitative estimate of drug-likeness (QED) is 0.597. The number of nitrogens with two attached hydrogens (primary N) is 1. The van der Waals surface area contributed by atoms with Gasteiger partial charge in [0.25, 0.3) is 0 Å². The maximum Gasteiger partial charge on any atom is 0.0505 e. The highest BCUT2D eigenvalue weighted by molar-refractivity contribution is 4.79. The van der Waals surface area contributed by atoms with Gasteiger partial charge in [0.1, 0.15) is 0 Å². The highest BCUT2D eigenvalue weighted by atomic mass is 16.5. The first-order chi connectivity index (χ1) is 4.34. The molecule has 0 radical (unpaired) electrons. The summed E-state index contributed by atoms with van der Waals surface area (Å²) < 4.78 is 5.02. The molecule has 2 nitrogen and oxygen atoms in total. The third-order valence-electron chi connectivity index (χ3n) is 2.10. The van der Waals surface area contributed by atoms with Crippen molar-refractivity contribution in [1.82, 2.24) is 0 Å². The Kier molecular flexibility index (Phi) is 2.49. The molecule has 0 unspecified atom stereocenters. The van der Waals surface area contributed by atoms with Gasteiger partial charge in [0.15, 0.2) is 0 Å². The molecule has 0 spiro atoms. The zero-order chi connectivity index (χ0) is 6.69. The van der Waals surface area contributed by atoms with Gasteiger partial charge in [0.2, 0.25) is 0 Å². The van der Waals surface area contributed by atoms with E-state index in [1.54, 1.807) is 7.11 Å². The number of rotatable bonds is 2. The summed E-state index contributed by atoms with van der Waals surface area (Å²) in [6.45, 7) is 0.848. The molecule has 54 valence electrons. The topological polar surface area (TPSA) is 35.2 Å². The molecule has 1 aliphatic rings. The summed E-state index contributed by atoms with van der Waals surface area (Å²) in [6, 6.07) is 0.407. The summed E-state index contributed by atoms with van der Waals surface area (Å²) in [5.41, 5.74) is 5.79. The van der Waals surface area contributed by atoms with Gasteiger partial charge in [-0.05, 0) is 18.8 Å². The molecule has 0 aliphatic heterocycles. The average molecular weight is 129 g/mol. The third kappa shape index (κ3) is 1.66. The van der Waals surface area contributed by atoms with Crippen molar-refractivity contribution < 1.29 is 4.74 Å². The van der Waals surface area contributed by atoms with E-state index in [1.165, 1.54) is 19.3 Å². The van der Waals surface area contributed by atoms with Crippen LogP contribution in [0.15, 0.2) is 0 Å². The molecule has 2 heteroatoms. The Morgan fingerprint density at radius 1 is 1.56 bits per heavy atom. The maximum absolute atomic E-state index is 5.79. The SMILES string of the molecule is COC[C@@H]1CCC[C@@H]1N. The maximum atomic E-state index is 5.79. The molecular formula is C7H15NO. The molecule has 1 fully saturated rings. The number of methoxy groups -OCH3 is 1. The van der Waals surface area contributed by atoms with Crippen molar-refractivity contribution in [3.05, 3.63) is 0 Å². The van der Waals surface area contributed by atoms with Crippen LogP contribution in [0.3, 0.4) is 0 Å². The van der Waals surface area contributed by atoms with Crippen LogP contribution in [0.2, 0.25) is 0 Å². The molecule has 0 aromatic carbocycles. The van der Waals surface area contributed by atoms with Gasteiger partial charge in [0.05, 0.1) is 6.61 Å². The van der Waals surface area contributed by atoms with E-state index in [1.807, 2.05) is 0 Å². The second kappa shape index (κ2) is 3.18. The lowest BCUT2D eigenvalue weighted by atomic mass is 10.1. The van der Waals surface area contributed by atoms with Crippen LogP contribution in [-0.4, -0.2) is 19.8 Å². The summed E-state index contributed by atoms with van der Waals surface area (Å²) >= 11 is 0. The van der Waals surface area contributed by atoms with Crippen molar-refractivity contribution in [2.75, 3.05) is 13.7 Å². The summed E-state index contributed by atoms with van der Waals surface area (Å²) in [5.74, 6) is 0.634. The Morgan fingerprint density at radius 3 is 2.78 bits per heavy atom. The van der Waals surface area contributed by atoms with Crippen molar-refractivity contribution >= 4 is 0 Å². The van der Waals surface area contributed by atoms with Crippen molar-refractivity contribution in [2.24, 2.45) is 11.7 Å². The van der Waals surface area contributed by atoms with Crippen LogP contribution >= 0.6 is 0 Å². The Morgan fingerprint density at radius 2 is 2.33 bits per heavy atom. The molecule has 0 amide bonds. The first kappa shape index (κ1) is 7.03. The Bertz CT molecular complexity index is 85.0. The minimum Gasteiger partial charge on any atom is -0.384 e. The Balaban J connectivity index is 2.22. The van der Waals surface area contributed by atoms with Crippen molar-refractivity contribution in [3.8, 4) is 0 Å². The predicted octanol–water partition coefficient (Wildman–Crippen LogP) is 0.760. The fraction of sp³-hybridized carbons (Fsp3) is 1.00. The molecule has 0 saturated heterocycles. The van der Waals surface area contributed by atoms with Gasteiger partial charge >= 0.3 is 0 Å². The molecule has 0 heterocycles. The predicted molar refractivity (Wildman–Crippen MR) is 37.2 cm³/mol. The molecule has 9 heavy (non-hydrogen) atoms. The molecule has 1 aliphatic carbocycles. The van der Waals surface area contributed by atoms with Gasteiger partial charge in [-0.25, -0.2) is 0 Å². The second-order valence-electron chi connectivity index (χ2n) is 2.81. The zero-order valence-corrected chi connectivity index (χ0v) is 5.97. The minimum absolute atomic E-state index is 0.407. The van der Waals surface area contributed by atoms with E-state index in [9.17, 15) is 0 Å². The smallest absolute Gasteiger partial charge is 0.0505 e. The Labute approximate surface area is 56.4 Å². The van der Waals surface area contributed by atoms with Crippen LogP contribution in [0.1, 0.15) is 19.3 Å². The van der Waals surface area contributed by atoms with Gasteiger partial charge in [0, 0.05) is 13.2 Å². The van der Waals surface area contributed by atoms with Crippen molar-refractivity contribution in [2.45, 2.75) is 25.3 Å². The fourth-order valence-corrected chi connectivity index (χ4v) is 1.49. The summed E-state index contributed by atoms with van der Waals surface area (Å²) in [5, 5.41) is 0. The third-order valence-corrected chi connectivity index (χ3v) is 2.10. The van der Waals surface area contributed by atoms with Crippen LogP contribution in [0, 0.1) is 5.92 Å². The van der Waals surface area contributed by atoms with Gasteiger partial charge in [-0.1, -0.05) is 6.42 Å². The van der Waals surface area contributed by atoms with Gasteiger partial charge < -0.3 is 10.5 Å². The van der Waals surface area contributed by atoms with Gasteiger partial charge in [-0.2, -0.15) is 0 Å². The fourth-order valence-electron chi connectivity index (χ4n) is 1.49. The summed E-state index contributed by atoms with van der Waals surface area (Å²) in [7, 11) is 1.74. The molecule has 0 aromatic rings. The molecule has 1 rings (SSSR count).